The minimum atomic E-state index is 0.183. The molecule has 92 valence electrons. The first-order chi connectivity index (χ1) is 7.99. The first-order valence-corrected chi connectivity index (χ1v) is 7.11. The zero-order valence-electron chi connectivity index (χ0n) is 10.4. The van der Waals surface area contributed by atoms with Crippen molar-refractivity contribution in [2.45, 2.75) is 26.7 Å². The molecule has 0 radical (unpaired) electrons. The Labute approximate surface area is 117 Å². The highest BCUT2D eigenvalue weighted by Crippen LogP contribution is 2.29. The summed E-state index contributed by atoms with van der Waals surface area (Å²) in [6.45, 7) is 6.24. The highest BCUT2D eigenvalue weighted by atomic mass is 127. The first kappa shape index (κ1) is 12.9. The van der Waals surface area contributed by atoms with Crippen LogP contribution in [0, 0.1) is 8.99 Å². The van der Waals surface area contributed by atoms with Crippen molar-refractivity contribution < 1.29 is 4.79 Å². The van der Waals surface area contributed by atoms with Crippen molar-refractivity contribution in [1.82, 2.24) is 4.90 Å². The Hall–Kier alpha value is -0.580. The number of halogens is 1. The van der Waals surface area contributed by atoms with Gasteiger partial charge in [-0.2, -0.15) is 0 Å². The average molecular weight is 343 g/mol. The molecule has 1 aliphatic rings. The number of likely N-dealkylation sites (tertiary alicyclic amines) is 1. The minimum absolute atomic E-state index is 0.183. The van der Waals surface area contributed by atoms with Crippen molar-refractivity contribution in [2.75, 3.05) is 13.1 Å². The Morgan fingerprint density at radius 2 is 2.06 bits per heavy atom. The van der Waals surface area contributed by atoms with E-state index in [4.69, 9.17) is 0 Å². The van der Waals surface area contributed by atoms with Gasteiger partial charge in [-0.15, -0.1) is 0 Å². The van der Waals surface area contributed by atoms with Gasteiger partial charge in [-0.05, 0) is 53.0 Å². The Morgan fingerprint density at radius 1 is 1.35 bits per heavy atom. The molecule has 1 saturated heterocycles. The molecule has 0 saturated carbocycles. The summed E-state index contributed by atoms with van der Waals surface area (Å²) in [7, 11) is 0. The fourth-order valence-corrected chi connectivity index (χ4v) is 3.02. The summed E-state index contributed by atoms with van der Waals surface area (Å²) >= 11 is 2.23. The van der Waals surface area contributed by atoms with E-state index in [-0.39, 0.29) is 11.3 Å². The molecule has 2 rings (SSSR count). The van der Waals surface area contributed by atoms with E-state index in [0.717, 1.165) is 28.6 Å². The van der Waals surface area contributed by atoms with Crippen LogP contribution >= 0.6 is 22.6 Å². The number of hydrogen-bond acceptors (Lipinski definition) is 1. The van der Waals surface area contributed by atoms with Gasteiger partial charge in [0.1, 0.15) is 0 Å². The van der Waals surface area contributed by atoms with Crippen LogP contribution in [0.3, 0.4) is 0 Å². The lowest BCUT2D eigenvalue weighted by molar-refractivity contribution is 0.0582. The largest absolute Gasteiger partial charge is 0.338 e. The summed E-state index contributed by atoms with van der Waals surface area (Å²) in [5.74, 6) is 0.183. The Bertz CT molecular complexity index is 428. The van der Waals surface area contributed by atoms with Gasteiger partial charge in [0.2, 0.25) is 0 Å². The van der Waals surface area contributed by atoms with Crippen LogP contribution in [0.25, 0.3) is 0 Å². The first-order valence-electron chi connectivity index (χ1n) is 6.03. The smallest absolute Gasteiger partial charge is 0.254 e. The molecule has 0 N–H and O–H groups in total. The molecule has 1 heterocycles. The molecule has 0 bridgehead atoms. The van der Waals surface area contributed by atoms with E-state index in [9.17, 15) is 4.79 Å². The van der Waals surface area contributed by atoms with Crippen LogP contribution in [-0.4, -0.2) is 23.9 Å². The normalized spacial score (nSPS) is 19.1. The number of carbonyl (C=O) groups is 1. The van der Waals surface area contributed by atoms with E-state index >= 15 is 0 Å². The Morgan fingerprint density at radius 3 is 2.71 bits per heavy atom. The summed E-state index contributed by atoms with van der Waals surface area (Å²) in [5.41, 5.74) is 1.10. The number of nitrogens with zero attached hydrogens (tertiary/aromatic N) is 1. The van der Waals surface area contributed by atoms with Crippen molar-refractivity contribution in [3.05, 3.63) is 33.4 Å². The molecule has 17 heavy (non-hydrogen) atoms. The quantitative estimate of drug-likeness (QED) is 0.714. The third-order valence-corrected chi connectivity index (χ3v) is 4.23. The van der Waals surface area contributed by atoms with Gasteiger partial charge < -0.3 is 4.90 Å². The third kappa shape index (κ3) is 3.00. The van der Waals surface area contributed by atoms with E-state index in [2.05, 4.69) is 36.4 Å². The van der Waals surface area contributed by atoms with Crippen LogP contribution in [-0.2, 0) is 0 Å². The predicted molar refractivity (Wildman–Crippen MR) is 78.1 cm³/mol. The molecule has 1 aromatic carbocycles. The predicted octanol–water partition coefficient (Wildman–Crippen LogP) is 3.55. The summed E-state index contributed by atoms with van der Waals surface area (Å²) < 4.78 is 1.04. The second-order valence-corrected chi connectivity index (χ2v) is 6.64. The fraction of sp³-hybridized carbons (Fsp3) is 0.500. The third-order valence-electron chi connectivity index (χ3n) is 3.29. The number of rotatable bonds is 1. The van der Waals surface area contributed by atoms with Gasteiger partial charge >= 0.3 is 0 Å². The van der Waals surface area contributed by atoms with Crippen LogP contribution in [0.4, 0.5) is 0 Å². The lowest BCUT2D eigenvalue weighted by atomic mass is 9.84. The zero-order valence-corrected chi connectivity index (χ0v) is 12.5. The average Bonchev–Trinajstić information content (AvgIpc) is 2.27. The van der Waals surface area contributed by atoms with Crippen LogP contribution in [0.1, 0.15) is 37.0 Å². The molecule has 1 aromatic rings. The second-order valence-electron chi connectivity index (χ2n) is 5.47. The second kappa shape index (κ2) is 4.96. The molecular formula is C14H18INO. The van der Waals surface area contributed by atoms with Crippen LogP contribution in [0.5, 0.6) is 0 Å². The molecule has 0 atom stereocenters. The van der Waals surface area contributed by atoms with E-state index < -0.39 is 0 Å². The number of piperidine rings is 1. The Kier molecular flexibility index (Phi) is 3.76. The molecule has 2 nitrogen and oxygen atoms in total. The van der Waals surface area contributed by atoms with Gasteiger partial charge in [0, 0.05) is 16.7 Å². The maximum atomic E-state index is 12.4. The van der Waals surface area contributed by atoms with E-state index in [1.54, 1.807) is 0 Å². The van der Waals surface area contributed by atoms with Gasteiger partial charge in [-0.3, -0.25) is 4.79 Å². The fourth-order valence-electron chi connectivity index (χ4n) is 2.40. The summed E-state index contributed by atoms with van der Waals surface area (Å²) in [4.78, 5) is 14.4. The highest BCUT2D eigenvalue weighted by molar-refractivity contribution is 14.1. The molecular weight excluding hydrogens is 325 g/mol. The van der Waals surface area contributed by atoms with Crippen molar-refractivity contribution in [2.24, 2.45) is 5.41 Å². The summed E-state index contributed by atoms with van der Waals surface area (Å²) in [5, 5.41) is 0. The van der Waals surface area contributed by atoms with Gasteiger partial charge in [0.25, 0.3) is 5.91 Å². The number of benzene rings is 1. The van der Waals surface area contributed by atoms with E-state index in [0.29, 0.717) is 0 Å². The zero-order chi connectivity index (χ0) is 12.5. The lowest BCUT2D eigenvalue weighted by Crippen LogP contribution is -2.43. The molecule has 1 aliphatic heterocycles. The molecule has 0 aromatic heterocycles. The van der Waals surface area contributed by atoms with E-state index in [1.165, 1.54) is 6.42 Å². The highest BCUT2D eigenvalue weighted by Gasteiger charge is 2.29. The van der Waals surface area contributed by atoms with Crippen molar-refractivity contribution >= 4 is 28.5 Å². The van der Waals surface area contributed by atoms with Crippen molar-refractivity contribution in [3.8, 4) is 0 Å². The molecule has 0 aliphatic carbocycles. The van der Waals surface area contributed by atoms with Gasteiger partial charge in [0.15, 0.2) is 0 Å². The molecule has 0 spiro atoms. The van der Waals surface area contributed by atoms with Crippen molar-refractivity contribution in [3.63, 3.8) is 0 Å². The van der Waals surface area contributed by atoms with Crippen LogP contribution in [0.2, 0.25) is 0 Å². The SMILES string of the molecule is CC1(C)CCCN(C(=O)c2ccccc2I)C1. The van der Waals surface area contributed by atoms with Crippen molar-refractivity contribution in [1.29, 1.82) is 0 Å². The van der Waals surface area contributed by atoms with E-state index in [1.807, 2.05) is 29.2 Å². The minimum Gasteiger partial charge on any atom is -0.338 e. The maximum Gasteiger partial charge on any atom is 0.254 e. The number of carbonyl (C=O) groups excluding carboxylic acids is 1. The van der Waals surface area contributed by atoms with Crippen LogP contribution < -0.4 is 0 Å². The lowest BCUT2D eigenvalue weighted by Gasteiger charge is -2.38. The summed E-state index contributed by atoms with van der Waals surface area (Å²) in [6, 6.07) is 7.82. The maximum absolute atomic E-state index is 12.4. The van der Waals surface area contributed by atoms with Crippen LogP contribution in [0.15, 0.2) is 24.3 Å². The molecule has 1 amide bonds. The number of amides is 1. The topological polar surface area (TPSA) is 20.3 Å². The molecule has 0 unspecified atom stereocenters. The number of hydrogen-bond donors (Lipinski definition) is 0. The Balaban J connectivity index is 2.18. The summed E-state index contributed by atoms with van der Waals surface area (Å²) in [6.07, 6.45) is 2.32. The van der Waals surface area contributed by atoms with Gasteiger partial charge in [-0.25, -0.2) is 0 Å². The van der Waals surface area contributed by atoms with Gasteiger partial charge in [0.05, 0.1) is 5.56 Å². The molecule has 3 heteroatoms. The van der Waals surface area contributed by atoms with Gasteiger partial charge in [-0.1, -0.05) is 26.0 Å². The monoisotopic (exact) mass is 343 g/mol. The standard InChI is InChI=1S/C14H18INO/c1-14(2)8-5-9-16(10-14)13(17)11-6-3-4-7-12(11)15/h3-4,6-7H,5,8-10H2,1-2H3. The molecule has 1 fully saturated rings.